The molecule has 0 bridgehead atoms. The minimum Gasteiger partial charge on any atom is -0.485 e. The van der Waals surface area contributed by atoms with Gasteiger partial charge in [0.25, 0.3) is 0 Å². The van der Waals surface area contributed by atoms with Crippen LogP contribution in [0, 0.1) is 0 Å². The van der Waals surface area contributed by atoms with Crippen molar-refractivity contribution in [3.05, 3.63) is 36.0 Å². The van der Waals surface area contributed by atoms with E-state index in [2.05, 4.69) is 20.8 Å². The number of amides is 2. The molecule has 9 nitrogen and oxygen atoms in total. The standard InChI is InChI=1S/C16H19N5O4.ClH/c17-7-14(22)18-8-15(23)19-11-3-5-12(6-4-11)24-9-13-20-16(25-21-13)10-1-2-10;/h3-6,10H,1-2,7-9,17H2,(H,18,22)(H,19,23);1H. The van der Waals surface area contributed by atoms with Crippen LogP contribution in [0.5, 0.6) is 5.75 Å². The summed E-state index contributed by atoms with van der Waals surface area (Å²) in [5.41, 5.74) is 5.74. The summed E-state index contributed by atoms with van der Waals surface area (Å²) in [5, 5.41) is 8.93. The molecule has 3 rings (SSSR count). The third kappa shape index (κ3) is 5.71. The van der Waals surface area contributed by atoms with E-state index in [1.165, 1.54) is 0 Å². The van der Waals surface area contributed by atoms with Gasteiger partial charge in [-0.25, -0.2) is 0 Å². The Morgan fingerprint density at radius 1 is 1.23 bits per heavy atom. The van der Waals surface area contributed by atoms with Gasteiger partial charge in [-0.15, -0.1) is 12.4 Å². The lowest BCUT2D eigenvalue weighted by atomic mass is 10.3. The van der Waals surface area contributed by atoms with Gasteiger partial charge in [0.05, 0.1) is 13.1 Å². The molecule has 0 spiro atoms. The molecule has 26 heavy (non-hydrogen) atoms. The van der Waals surface area contributed by atoms with Gasteiger partial charge >= 0.3 is 0 Å². The highest BCUT2D eigenvalue weighted by atomic mass is 35.5. The first-order valence-electron chi connectivity index (χ1n) is 7.96. The van der Waals surface area contributed by atoms with Crippen LogP contribution in [-0.4, -0.2) is 35.0 Å². The van der Waals surface area contributed by atoms with Crippen LogP contribution < -0.4 is 21.1 Å². The number of benzene rings is 1. The van der Waals surface area contributed by atoms with Gasteiger partial charge in [-0.2, -0.15) is 4.98 Å². The zero-order valence-electron chi connectivity index (χ0n) is 13.9. The van der Waals surface area contributed by atoms with Crippen LogP contribution in [-0.2, 0) is 16.2 Å². The van der Waals surface area contributed by atoms with Gasteiger partial charge in [0.1, 0.15) is 5.75 Å². The Balaban J connectivity index is 0.00000243. The number of hydrogen-bond acceptors (Lipinski definition) is 7. The number of carbonyl (C=O) groups excluding carboxylic acids is 2. The average molecular weight is 382 g/mol. The fourth-order valence-electron chi connectivity index (χ4n) is 2.06. The van der Waals surface area contributed by atoms with Gasteiger partial charge in [0, 0.05) is 11.6 Å². The zero-order chi connectivity index (χ0) is 17.6. The second-order valence-corrected chi connectivity index (χ2v) is 5.67. The van der Waals surface area contributed by atoms with Crippen LogP contribution in [0.15, 0.2) is 28.8 Å². The van der Waals surface area contributed by atoms with Crippen molar-refractivity contribution in [1.29, 1.82) is 0 Å². The lowest BCUT2D eigenvalue weighted by Crippen LogP contribution is -2.36. The van der Waals surface area contributed by atoms with Gasteiger partial charge in [-0.1, -0.05) is 5.16 Å². The van der Waals surface area contributed by atoms with Crippen molar-refractivity contribution < 1.29 is 18.8 Å². The van der Waals surface area contributed by atoms with Gasteiger partial charge < -0.3 is 25.6 Å². The number of aromatic nitrogens is 2. The Kier molecular flexibility index (Phi) is 6.93. The van der Waals surface area contributed by atoms with Crippen LogP contribution in [0.3, 0.4) is 0 Å². The van der Waals surface area contributed by atoms with Crippen LogP contribution in [0.1, 0.15) is 30.5 Å². The number of anilines is 1. The summed E-state index contributed by atoms with van der Waals surface area (Å²) in [5.74, 6) is 1.50. The van der Waals surface area contributed by atoms with Crippen LogP contribution in [0.2, 0.25) is 0 Å². The fraction of sp³-hybridized carbons (Fsp3) is 0.375. The molecule has 1 aliphatic rings. The van der Waals surface area contributed by atoms with E-state index < -0.39 is 0 Å². The SMILES string of the molecule is Cl.NCC(=O)NCC(=O)Nc1ccc(OCc2noc(C3CC3)n2)cc1. The van der Waals surface area contributed by atoms with Crippen molar-refractivity contribution in [2.75, 3.05) is 18.4 Å². The zero-order valence-corrected chi connectivity index (χ0v) is 14.8. The summed E-state index contributed by atoms with van der Waals surface area (Å²) >= 11 is 0. The highest BCUT2D eigenvalue weighted by molar-refractivity contribution is 5.94. The molecule has 10 heteroatoms. The number of nitrogens with two attached hydrogens (primary N) is 1. The predicted octanol–water partition coefficient (Wildman–Crippen LogP) is 0.961. The summed E-state index contributed by atoms with van der Waals surface area (Å²) in [6.07, 6.45) is 2.21. The molecule has 4 N–H and O–H groups in total. The lowest BCUT2D eigenvalue weighted by Gasteiger charge is -2.08. The topological polar surface area (TPSA) is 132 Å². The van der Waals surface area contributed by atoms with Crippen molar-refractivity contribution in [1.82, 2.24) is 15.5 Å². The van der Waals surface area contributed by atoms with Crippen LogP contribution in [0.4, 0.5) is 5.69 Å². The van der Waals surface area contributed by atoms with E-state index in [4.69, 9.17) is 15.0 Å². The van der Waals surface area contributed by atoms with E-state index in [0.29, 0.717) is 29.1 Å². The smallest absolute Gasteiger partial charge is 0.243 e. The maximum atomic E-state index is 11.7. The molecule has 0 saturated heterocycles. The van der Waals surface area contributed by atoms with Crippen molar-refractivity contribution in [3.8, 4) is 5.75 Å². The molecule has 0 atom stereocenters. The van der Waals surface area contributed by atoms with E-state index in [-0.39, 0.29) is 43.9 Å². The summed E-state index contributed by atoms with van der Waals surface area (Å²) < 4.78 is 10.8. The molecule has 1 fully saturated rings. The van der Waals surface area contributed by atoms with E-state index in [0.717, 1.165) is 12.8 Å². The van der Waals surface area contributed by atoms with Gasteiger partial charge in [-0.3, -0.25) is 9.59 Å². The minimum absolute atomic E-state index is 0. The first-order chi connectivity index (χ1) is 12.1. The lowest BCUT2D eigenvalue weighted by molar-refractivity contribution is -0.123. The molecule has 1 aromatic carbocycles. The predicted molar refractivity (Wildman–Crippen MR) is 95.0 cm³/mol. The van der Waals surface area contributed by atoms with Gasteiger partial charge in [0.2, 0.25) is 23.5 Å². The van der Waals surface area contributed by atoms with Gasteiger partial charge in [-0.05, 0) is 37.1 Å². The summed E-state index contributed by atoms with van der Waals surface area (Å²) in [7, 11) is 0. The molecule has 1 heterocycles. The van der Waals surface area contributed by atoms with Gasteiger partial charge in [0.15, 0.2) is 6.61 Å². The maximum Gasteiger partial charge on any atom is 0.243 e. The molecular formula is C16H20ClN5O4. The van der Waals surface area contributed by atoms with Crippen molar-refractivity contribution >= 4 is 29.9 Å². The first kappa shape index (κ1) is 19.7. The Labute approximate surface area is 156 Å². The van der Waals surface area contributed by atoms with E-state index in [9.17, 15) is 9.59 Å². The second-order valence-electron chi connectivity index (χ2n) is 5.67. The number of carbonyl (C=O) groups is 2. The minimum atomic E-state index is -0.384. The summed E-state index contributed by atoms with van der Waals surface area (Å²) in [6.45, 7) is -0.0651. The highest BCUT2D eigenvalue weighted by Gasteiger charge is 2.29. The third-order valence-corrected chi connectivity index (χ3v) is 3.55. The fourth-order valence-corrected chi connectivity index (χ4v) is 2.06. The molecule has 1 aliphatic carbocycles. The molecule has 0 aliphatic heterocycles. The molecule has 0 radical (unpaired) electrons. The number of nitrogens with one attached hydrogen (secondary N) is 2. The number of halogens is 1. The second kappa shape index (κ2) is 9.16. The number of nitrogens with zero attached hydrogens (tertiary/aromatic N) is 2. The Morgan fingerprint density at radius 2 is 1.96 bits per heavy atom. The van der Waals surface area contributed by atoms with Crippen molar-refractivity contribution in [3.63, 3.8) is 0 Å². The van der Waals surface area contributed by atoms with Crippen LogP contribution in [0.25, 0.3) is 0 Å². The quantitative estimate of drug-likeness (QED) is 0.620. The Bertz CT molecular complexity index is 745. The molecule has 2 amide bonds. The normalized spacial score (nSPS) is 12.8. The van der Waals surface area contributed by atoms with E-state index >= 15 is 0 Å². The molecule has 1 aromatic heterocycles. The number of hydrogen-bond donors (Lipinski definition) is 3. The molecular weight excluding hydrogens is 362 g/mol. The molecule has 0 unspecified atom stereocenters. The molecule has 1 saturated carbocycles. The Hall–Kier alpha value is -2.65. The van der Waals surface area contributed by atoms with E-state index in [1.807, 2.05) is 0 Å². The average Bonchev–Trinajstić information content (AvgIpc) is 3.37. The highest BCUT2D eigenvalue weighted by Crippen LogP contribution is 2.38. The number of rotatable bonds is 8. The summed E-state index contributed by atoms with van der Waals surface area (Å²) in [6, 6.07) is 6.83. The summed E-state index contributed by atoms with van der Waals surface area (Å²) in [4.78, 5) is 26.9. The largest absolute Gasteiger partial charge is 0.485 e. The molecule has 140 valence electrons. The number of ether oxygens (including phenoxy) is 1. The van der Waals surface area contributed by atoms with Crippen LogP contribution >= 0.6 is 12.4 Å². The first-order valence-corrected chi connectivity index (χ1v) is 7.96. The maximum absolute atomic E-state index is 11.7. The van der Waals surface area contributed by atoms with E-state index in [1.54, 1.807) is 24.3 Å². The Morgan fingerprint density at radius 3 is 2.62 bits per heavy atom. The van der Waals surface area contributed by atoms with Crippen molar-refractivity contribution in [2.24, 2.45) is 5.73 Å². The molecule has 2 aromatic rings. The monoisotopic (exact) mass is 381 g/mol. The van der Waals surface area contributed by atoms with Crippen molar-refractivity contribution in [2.45, 2.75) is 25.4 Å². The third-order valence-electron chi connectivity index (χ3n) is 3.55.